The summed E-state index contributed by atoms with van der Waals surface area (Å²) in [6.45, 7) is 7.11. The minimum Gasteiger partial charge on any atom is -0.378 e. The third kappa shape index (κ3) is 2.93. The van der Waals surface area contributed by atoms with Gasteiger partial charge in [-0.15, -0.1) is 0 Å². The van der Waals surface area contributed by atoms with Gasteiger partial charge in [0, 0.05) is 32.1 Å². The predicted molar refractivity (Wildman–Crippen MR) is 81.2 cm³/mol. The maximum Gasteiger partial charge on any atom is 0.126 e. The highest BCUT2D eigenvalue weighted by Crippen LogP contribution is 2.47. The molecule has 0 amide bonds. The number of likely N-dealkylation sites (N-methyl/N-ethyl adjacent to an activating group) is 1. The first-order chi connectivity index (χ1) is 9.54. The lowest BCUT2D eigenvalue weighted by Crippen LogP contribution is -2.44. The summed E-state index contributed by atoms with van der Waals surface area (Å²) in [5, 5.41) is 10.7. The number of allylic oxidation sites excluding steroid dienone is 2. The molecule has 0 aromatic heterocycles. The molecule has 0 unspecified atom stereocenters. The van der Waals surface area contributed by atoms with Gasteiger partial charge in [-0.05, 0) is 38.6 Å². The van der Waals surface area contributed by atoms with Gasteiger partial charge in [0.05, 0.1) is 6.54 Å². The van der Waals surface area contributed by atoms with Crippen LogP contribution in [-0.4, -0.2) is 60.3 Å². The molecular weight excluding hydrogens is 248 g/mol. The Labute approximate surface area is 122 Å². The molecule has 1 heterocycles. The Kier molecular flexibility index (Phi) is 3.90. The van der Waals surface area contributed by atoms with Crippen LogP contribution in [0.15, 0.2) is 12.2 Å². The van der Waals surface area contributed by atoms with Gasteiger partial charge >= 0.3 is 0 Å². The van der Waals surface area contributed by atoms with E-state index in [1.807, 2.05) is 6.92 Å². The maximum atomic E-state index is 10.7. The molecule has 4 atom stereocenters. The molecule has 3 rings (SSSR count). The maximum absolute atomic E-state index is 10.7. The van der Waals surface area contributed by atoms with Crippen LogP contribution in [0.3, 0.4) is 0 Å². The Bertz CT molecular complexity index is 438. The largest absolute Gasteiger partial charge is 0.378 e. The fraction of sp³-hybridized carbons (Fsp3) is 0.765. The van der Waals surface area contributed by atoms with E-state index in [0.29, 0.717) is 17.8 Å². The van der Waals surface area contributed by atoms with Crippen molar-refractivity contribution in [2.24, 2.45) is 17.8 Å². The van der Waals surface area contributed by atoms with E-state index in [-0.39, 0.29) is 0 Å². The molecule has 3 heteroatoms. The molecule has 3 nitrogen and oxygen atoms in total. The van der Waals surface area contributed by atoms with Crippen molar-refractivity contribution in [3.8, 4) is 11.8 Å². The van der Waals surface area contributed by atoms with Crippen LogP contribution in [0.25, 0.3) is 0 Å². The summed E-state index contributed by atoms with van der Waals surface area (Å²) in [4.78, 5) is 4.73. The molecule has 0 aromatic rings. The summed E-state index contributed by atoms with van der Waals surface area (Å²) >= 11 is 0. The van der Waals surface area contributed by atoms with Crippen molar-refractivity contribution < 1.29 is 5.11 Å². The Morgan fingerprint density at radius 2 is 1.95 bits per heavy atom. The van der Waals surface area contributed by atoms with E-state index in [2.05, 4.69) is 40.8 Å². The molecule has 1 saturated carbocycles. The van der Waals surface area contributed by atoms with Gasteiger partial charge in [0.1, 0.15) is 5.60 Å². The van der Waals surface area contributed by atoms with Crippen molar-refractivity contribution in [3.05, 3.63) is 12.2 Å². The number of hydrogen-bond donors (Lipinski definition) is 1. The number of rotatable bonds is 2. The van der Waals surface area contributed by atoms with Crippen molar-refractivity contribution in [2.45, 2.75) is 25.4 Å². The summed E-state index contributed by atoms with van der Waals surface area (Å²) in [6.07, 6.45) is 6.93. The van der Waals surface area contributed by atoms with Gasteiger partial charge < -0.3 is 10.0 Å². The molecule has 2 aliphatic carbocycles. The van der Waals surface area contributed by atoms with Gasteiger partial charge in [-0.1, -0.05) is 24.0 Å². The number of hydrogen-bond acceptors (Lipinski definition) is 3. The molecular formula is C17H26N2O. The predicted octanol–water partition coefficient (Wildman–Crippen LogP) is 1.20. The van der Waals surface area contributed by atoms with Gasteiger partial charge in [-0.3, -0.25) is 4.90 Å². The van der Waals surface area contributed by atoms with Gasteiger partial charge in [0.2, 0.25) is 0 Å². The first-order valence-corrected chi connectivity index (χ1v) is 7.86. The van der Waals surface area contributed by atoms with Crippen molar-refractivity contribution in [3.63, 3.8) is 0 Å². The van der Waals surface area contributed by atoms with Crippen LogP contribution in [0.1, 0.15) is 19.8 Å². The van der Waals surface area contributed by atoms with Crippen LogP contribution in [0.2, 0.25) is 0 Å². The fourth-order valence-corrected chi connectivity index (χ4v) is 3.86. The minimum absolute atomic E-state index is 0.331. The minimum atomic E-state index is -0.823. The zero-order valence-corrected chi connectivity index (χ0v) is 12.7. The summed E-state index contributed by atoms with van der Waals surface area (Å²) in [5.41, 5.74) is -0.823. The number of piperazine rings is 1. The van der Waals surface area contributed by atoms with Crippen LogP contribution < -0.4 is 0 Å². The second-order valence-corrected chi connectivity index (χ2v) is 6.92. The molecule has 1 aliphatic heterocycles. The fourth-order valence-electron chi connectivity index (χ4n) is 3.86. The van der Waals surface area contributed by atoms with Gasteiger partial charge in [-0.25, -0.2) is 0 Å². The molecule has 0 radical (unpaired) electrons. The Morgan fingerprint density at radius 3 is 2.55 bits per heavy atom. The monoisotopic (exact) mass is 274 g/mol. The van der Waals surface area contributed by atoms with Crippen molar-refractivity contribution in [2.75, 3.05) is 39.8 Å². The zero-order chi connectivity index (χ0) is 14.2. The van der Waals surface area contributed by atoms with E-state index in [1.165, 1.54) is 6.42 Å². The van der Waals surface area contributed by atoms with Gasteiger partial charge in [0.25, 0.3) is 0 Å². The number of aliphatic hydroxyl groups is 1. The molecule has 110 valence electrons. The van der Waals surface area contributed by atoms with E-state index < -0.39 is 5.60 Å². The first-order valence-electron chi connectivity index (χ1n) is 7.86. The Balaban J connectivity index is 1.54. The standard InChI is InChI=1S/C17H26N2O/c1-17(20,16-13-14-4-5-15(16)12-14)6-3-7-19-10-8-18(2)9-11-19/h4-5,14-16,20H,7-13H2,1-2H3/t14-,15-,16-,17+/m0/s1. The normalized spacial score (nSPS) is 36.6. The lowest BCUT2D eigenvalue weighted by atomic mass is 9.80. The van der Waals surface area contributed by atoms with Crippen molar-refractivity contribution >= 4 is 0 Å². The van der Waals surface area contributed by atoms with E-state index in [1.54, 1.807) is 0 Å². The number of fused-ring (bicyclic) bond motifs is 2. The summed E-state index contributed by atoms with van der Waals surface area (Å²) < 4.78 is 0. The average molecular weight is 274 g/mol. The van der Waals surface area contributed by atoms with Crippen LogP contribution in [0, 0.1) is 29.6 Å². The lowest BCUT2D eigenvalue weighted by molar-refractivity contribution is 0.0430. The summed E-state index contributed by atoms with van der Waals surface area (Å²) in [6, 6.07) is 0. The van der Waals surface area contributed by atoms with Crippen LogP contribution in [0.4, 0.5) is 0 Å². The highest BCUT2D eigenvalue weighted by atomic mass is 16.3. The molecule has 3 aliphatic rings. The summed E-state index contributed by atoms with van der Waals surface area (Å²) in [7, 11) is 2.16. The van der Waals surface area contributed by atoms with Crippen LogP contribution in [0.5, 0.6) is 0 Å². The molecule has 2 fully saturated rings. The topological polar surface area (TPSA) is 26.7 Å². The molecule has 0 spiro atoms. The zero-order valence-electron chi connectivity index (χ0n) is 12.7. The Morgan fingerprint density at radius 1 is 1.20 bits per heavy atom. The first kappa shape index (κ1) is 14.1. The second kappa shape index (κ2) is 5.52. The SMILES string of the molecule is CN1CCN(CC#C[C@@](C)(O)[C@H]2C[C@H]3C=C[C@H]2C3)CC1. The van der Waals surface area contributed by atoms with E-state index in [4.69, 9.17) is 0 Å². The third-order valence-corrected chi connectivity index (χ3v) is 5.24. The average Bonchev–Trinajstić information content (AvgIpc) is 3.04. The number of nitrogens with zero attached hydrogens (tertiary/aromatic N) is 2. The molecule has 1 N–H and O–H groups in total. The highest BCUT2D eigenvalue weighted by Gasteiger charge is 2.44. The van der Waals surface area contributed by atoms with Crippen LogP contribution >= 0.6 is 0 Å². The molecule has 2 bridgehead atoms. The second-order valence-electron chi connectivity index (χ2n) is 6.92. The van der Waals surface area contributed by atoms with Gasteiger partial charge in [0.15, 0.2) is 0 Å². The van der Waals surface area contributed by atoms with Crippen molar-refractivity contribution in [1.82, 2.24) is 9.80 Å². The Hall–Kier alpha value is -0.820. The molecule has 1 saturated heterocycles. The molecule has 20 heavy (non-hydrogen) atoms. The smallest absolute Gasteiger partial charge is 0.126 e. The lowest BCUT2D eigenvalue weighted by Gasteiger charge is -2.31. The third-order valence-electron chi connectivity index (χ3n) is 5.24. The molecule has 0 aromatic carbocycles. The van der Waals surface area contributed by atoms with E-state index >= 15 is 0 Å². The van der Waals surface area contributed by atoms with Crippen molar-refractivity contribution in [1.29, 1.82) is 0 Å². The summed E-state index contributed by atoms with van der Waals surface area (Å²) in [5.74, 6) is 7.96. The van der Waals surface area contributed by atoms with E-state index in [0.717, 1.165) is 39.1 Å². The van der Waals surface area contributed by atoms with Gasteiger partial charge in [-0.2, -0.15) is 0 Å². The van der Waals surface area contributed by atoms with E-state index in [9.17, 15) is 5.11 Å². The van der Waals surface area contributed by atoms with Crippen LogP contribution in [-0.2, 0) is 0 Å². The highest BCUT2D eigenvalue weighted by molar-refractivity contribution is 5.22. The quantitative estimate of drug-likeness (QED) is 0.605.